The normalized spacial score (nSPS) is 14.1. The number of aryl methyl sites for hydroxylation is 1. The molecular formula is C26H29N3O4. The van der Waals surface area contributed by atoms with Crippen molar-refractivity contribution in [1.82, 2.24) is 9.47 Å². The molecule has 2 amide bonds. The van der Waals surface area contributed by atoms with E-state index in [0.717, 1.165) is 49.7 Å². The largest absolute Gasteiger partial charge is 0.481 e. The summed E-state index contributed by atoms with van der Waals surface area (Å²) in [6, 6.07) is 14.5. The first-order chi connectivity index (χ1) is 16.0. The molecule has 1 aliphatic rings. The Morgan fingerprint density at radius 2 is 1.70 bits per heavy atom. The van der Waals surface area contributed by atoms with Crippen molar-refractivity contribution in [2.24, 2.45) is 0 Å². The smallest absolute Gasteiger partial charge is 0.321 e. The number of ketones is 1. The van der Waals surface area contributed by atoms with E-state index in [2.05, 4.69) is 5.32 Å². The van der Waals surface area contributed by atoms with Gasteiger partial charge in [-0.05, 0) is 37.5 Å². The molecule has 172 valence electrons. The summed E-state index contributed by atoms with van der Waals surface area (Å²) in [7, 11) is 0. The molecule has 0 radical (unpaired) electrons. The van der Waals surface area contributed by atoms with Crippen LogP contribution < -0.4 is 5.32 Å². The van der Waals surface area contributed by atoms with Crippen LogP contribution in [-0.2, 0) is 11.3 Å². The predicted octanol–water partition coefficient (Wildman–Crippen LogP) is 5.15. The number of urea groups is 1. The van der Waals surface area contributed by atoms with Crippen LogP contribution >= 0.6 is 0 Å². The maximum atomic E-state index is 13.4. The third-order valence-corrected chi connectivity index (χ3v) is 6.09. The van der Waals surface area contributed by atoms with E-state index in [4.69, 9.17) is 5.11 Å². The number of carboxylic acids is 1. The minimum Gasteiger partial charge on any atom is -0.481 e. The number of carboxylic acid groups (broad SMARTS) is 1. The first-order valence-corrected chi connectivity index (χ1v) is 11.5. The number of aromatic nitrogens is 1. The number of hydrogen-bond acceptors (Lipinski definition) is 3. The fourth-order valence-corrected chi connectivity index (χ4v) is 4.38. The number of benzene rings is 2. The summed E-state index contributed by atoms with van der Waals surface area (Å²) in [4.78, 5) is 38.8. The summed E-state index contributed by atoms with van der Waals surface area (Å²) in [5, 5.41) is 12.7. The van der Waals surface area contributed by atoms with Crippen molar-refractivity contribution in [3.63, 3.8) is 0 Å². The van der Waals surface area contributed by atoms with E-state index >= 15 is 0 Å². The number of carbonyl (C=O) groups excluding carboxylic acids is 2. The van der Waals surface area contributed by atoms with Crippen molar-refractivity contribution in [2.45, 2.75) is 45.1 Å². The lowest BCUT2D eigenvalue weighted by molar-refractivity contribution is -0.137. The molecule has 1 aromatic heterocycles. The van der Waals surface area contributed by atoms with Gasteiger partial charge in [-0.2, -0.15) is 0 Å². The van der Waals surface area contributed by atoms with Crippen LogP contribution in [0.2, 0.25) is 0 Å². The Morgan fingerprint density at radius 3 is 2.45 bits per heavy atom. The molecule has 4 rings (SSSR count). The molecule has 2 aromatic carbocycles. The van der Waals surface area contributed by atoms with Crippen LogP contribution in [0.3, 0.4) is 0 Å². The van der Waals surface area contributed by atoms with Gasteiger partial charge >= 0.3 is 12.0 Å². The molecule has 0 atom stereocenters. The Balaban J connectivity index is 1.54. The van der Waals surface area contributed by atoms with Gasteiger partial charge in [0.2, 0.25) is 0 Å². The van der Waals surface area contributed by atoms with Gasteiger partial charge in [0.05, 0.1) is 0 Å². The van der Waals surface area contributed by atoms with Crippen molar-refractivity contribution in [2.75, 3.05) is 18.4 Å². The molecule has 0 saturated carbocycles. The number of nitrogens with zero attached hydrogens (tertiary/aromatic N) is 2. The summed E-state index contributed by atoms with van der Waals surface area (Å²) in [5.74, 6) is -0.962. The van der Waals surface area contributed by atoms with Gasteiger partial charge in [0.15, 0.2) is 5.78 Å². The van der Waals surface area contributed by atoms with Crippen molar-refractivity contribution < 1.29 is 19.5 Å². The molecular weight excluding hydrogens is 418 g/mol. The predicted molar refractivity (Wildman–Crippen MR) is 128 cm³/mol. The third-order valence-electron chi connectivity index (χ3n) is 6.09. The molecule has 2 N–H and O–H groups in total. The molecule has 7 nitrogen and oxygen atoms in total. The van der Waals surface area contributed by atoms with Crippen LogP contribution in [0.1, 0.15) is 54.4 Å². The first kappa shape index (κ1) is 22.6. The second kappa shape index (κ2) is 10.3. The lowest BCUT2D eigenvalue weighted by Crippen LogP contribution is -2.35. The number of aliphatic carboxylic acids is 1. The monoisotopic (exact) mass is 447 g/mol. The minimum atomic E-state index is -0.832. The van der Waals surface area contributed by atoms with E-state index in [-0.39, 0.29) is 18.2 Å². The van der Waals surface area contributed by atoms with Gasteiger partial charge in [0, 0.05) is 60.0 Å². The highest BCUT2D eigenvalue weighted by molar-refractivity contribution is 6.16. The Hall–Kier alpha value is -3.61. The molecule has 1 saturated heterocycles. The Kier molecular flexibility index (Phi) is 7.07. The van der Waals surface area contributed by atoms with Gasteiger partial charge in [0.1, 0.15) is 0 Å². The average Bonchev–Trinajstić information content (AvgIpc) is 2.97. The summed E-state index contributed by atoms with van der Waals surface area (Å²) in [5.41, 5.74) is 2.56. The van der Waals surface area contributed by atoms with Crippen LogP contribution in [0, 0.1) is 0 Å². The van der Waals surface area contributed by atoms with Gasteiger partial charge in [-0.1, -0.05) is 43.2 Å². The fraction of sp³-hybridized carbons (Fsp3) is 0.346. The van der Waals surface area contributed by atoms with E-state index < -0.39 is 5.97 Å². The number of hydrogen-bond donors (Lipinski definition) is 2. The SMILES string of the molecule is O=C(O)CCCn1cc(C(=O)c2cccc(NC(=O)N3CCCCCC3)c2)c2ccccc21. The molecule has 0 spiro atoms. The van der Waals surface area contributed by atoms with Gasteiger partial charge in [-0.15, -0.1) is 0 Å². The highest BCUT2D eigenvalue weighted by Crippen LogP contribution is 2.25. The Bertz CT molecular complexity index is 1160. The lowest BCUT2D eigenvalue weighted by atomic mass is 10.0. The number of amides is 2. The number of anilines is 1. The van der Waals surface area contributed by atoms with Crippen LogP contribution in [-0.4, -0.2) is 45.4 Å². The van der Waals surface area contributed by atoms with Crippen LogP contribution in [0.5, 0.6) is 0 Å². The Morgan fingerprint density at radius 1 is 0.939 bits per heavy atom. The minimum absolute atomic E-state index is 0.0779. The molecule has 33 heavy (non-hydrogen) atoms. The molecule has 7 heteroatoms. The highest BCUT2D eigenvalue weighted by atomic mass is 16.4. The van der Waals surface area contributed by atoms with E-state index in [0.29, 0.717) is 29.8 Å². The van der Waals surface area contributed by atoms with Gasteiger partial charge in [-0.3, -0.25) is 9.59 Å². The van der Waals surface area contributed by atoms with Crippen LogP contribution in [0.4, 0.5) is 10.5 Å². The zero-order valence-electron chi connectivity index (χ0n) is 18.6. The average molecular weight is 448 g/mol. The van der Waals surface area contributed by atoms with Crippen molar-refractivity contribution in [1.29, 1.82) is 0 Å². The highest BCUT2D eigenvalue weighted by Gasteiger charge is 2.19. The quantitative estimate of drug-likeness (QED) is 0.490. The molecule has 0 aliphatic carbocycles. The molecule has 3 aromatic rings. The van der Waals surface area contributed by atoms with Crippen molar-refractivity contribution >= 4 is 34.4 Å². The number of likely N-dealkylation sites (tertiary alicyclic amines) is 1. The summed E-state index contributed by atoms with van der Waals surface area (Å²) in [6.07, 6.45) is 6.70. The molecule has 1 fully saturated rings. The fourth-order valence-electron chi connectivity index (χ4n) is 4.38. The molecule has 2 heterocycles. The van der Waals surface area contributed by atoms with Crippen molar-refractivity contribution in [3.05, 3.63) is 65.9 Å². The lowest BCUT2D eigenvalue weighted by Gasteiger charge is -2.20. The third kappa shape index (κ3) is 5.42. The maximum absolute atomic E-state index is 13.4. The summed E-state index contributed by atoms with van der Waals surface area (Å²) < 4.78 is 1.94. The number of rotatable bonds is 7. The summed E-state index contributed by atoms with van der Waals surface area (Å²) in [6.45, 7) is 2.03. The first-order valence-electron chi connectivity index (χ1n) is 11.5. The van der Waals surface area contributed by atoms with E-state index in [1.807, 2.05) is 33.7 Å². The van der Waals surface area contributed by atoms with E-state index in [9.17, 15) is 14.4 Å². The van der Waals surface area contributed by atoms with E-state index in [1.165, 1.54) is 0 Å². The van der Waals surface area contributed by atoms with Crippen molar-refractivity contribution in [3.8, 4) is 0 Å². The second-order valence-electron chi connectivity index (χ2n) is 8.49. The zero-order chi connectivity index (χ0) is 23.2. The van der Waals surface area contributed by atoms with Gasteiger partial charge in [-0.25, -0.2) is 4.79 Å². The number of fused-ring (bicyclic) bond motifs is 1. The number of carbonyl (C=O) groups is 3. The standard InChI is InChI=1S/C26H29N3O4/c30-24(31)13-8-16-29-18-22(21-11-3-4-12-23(21)29)25(32)19-9-7-10-20(17-19)27-26(33)28-14-5-1-2-6-15-28/h3-4,7,9-12,17-18H,1-2,5-6,8,13-16H2,(H,27,33)(H,30,31). The number of para-hydroxylation sites is 1. The molecule has 0 bridgehead atoms. The molecule has 1 aliphatic heterocycles. The maximum Gasteiger partial charge on any atom is 0.321 e. The second-order valence-corrected chi connectivity index (χ2v) is 8.49. The van der Waals surface area contributed by atoms with Crippen LogP contribution in [0.25, 0.3) is 10.9 Å². The van der Waals surface area contributed by atoms with Gasteiger partial charge < -0.3 is 19.9 Å². The number of nitrogens with one attached hydrogen (secondary N) is 1. The van der Waals surface area contributed by atoms with E-state index in [1.54, 1.807) is 30.5 Å². The Labute approximate surface area is 193 Å². The van der Waals surface area contributed by atoms with Gasteiger partial charge in [0.25, 0.3) is 0 Å². The van der Waals surface area contributed by atoms with Crippen LogP contribution in [0.15, 0.2) is 54.7 Å². The topological polar surface area (TPSA) is 91.6 Å². The molecule has 0 unspecified atom stereocenters. The zero-order valence-corrected chi connectivity index (χ0v) is 18.6. The summed E-state index contributed by atoms with van der Waals surface area (Å²) >= 11 is 0.